The van der Waals surface area contributed by atoms with E-state index in [2.05, 4.69) is 4.99 Å². The Morgan fingerprint density at radius 2 is 1.66 bits per heavy atom. The number of aliphatic hydroxyl groups excluding tert-OH is 1. The van der Waals surface area contributed by atoms with E-state index in [4.69, 9.17) is 21.1 Å². The Balaban J connectivity index is 2.00. The number of aliphatic hydroxyl groups is 1. The quantitative estimate of drug-likeness (QED) is 0.218. The largest absolute Gasteiger partial charge is 0.508 e. The summed E-state index contributed by atoms with van der Waals surface area (Å²) in [6.45, 7) is 4.46. The average molecular weight is 538 g/mol. The molecule has 2 N–H and O–H groups in total. The molecule has 0 spiro atoms. The first-order chi connectivity index (χ1) is 18.1. The summed E-state index contributed by atoms with van der Waals surface area (Å²) in [6, 6.07) is 14.8. The van der Waals surface area contributed by atoms with Gasteiger partial charge in [-0.15, -0.1) is 0 Å². The topological polar surface area (TPSA) is 122 Å². The number of rotatable bonds is 10. The lowest BCUT2D eigenvalue weighted by Gasteiger charge is -2.16. The van der Waals surface area contributed by atoms with E-state index in [9.17, 15) is 24.6 Å². The van der Waals surface area contributed by atoms with E-state index < -0.39 is 36.3 Å². The standard InChI is InChI=1S/C29H28ClNO7/c1-17(2)28(35)38-27-21(15-31-24(25(34)16-32)12-19-6-10-23(33)11-7-19)13-22(30)14-26(27)37-29(36)20-8-4-18(3)5-9-20/h4-11,13-15,17,24,32-33H,12,16H2,1-3H3/b31-15-. The van der Waals surface area contributed by atoms with Crippen LogP contribution in [0.15, 0.2) is 65.7 Å². The number of esters is 2. The summed E-state index contributed by atoms with van der Waals surface area (Å²) >= 11 is 6.30. The molecule has 0 aromatic heterocycles. The molecule has 3 rings (SSSR count). The molecule has 3 aromatic carbocycles. The van der Waals surface area contributed by atoms with Gasteiger partial charge in [0.05, 0.1) is 11.5 Å². The van der Waals surface area contributed by atoms with Gasteiger partial charge < -0.3 is 19.7 Å². The maximum Gasteiger partial charge on any atom is 0.343 e. The van der Waals surface area contributed by atoms with Crippen LogP contribution in [0.25, 0.3) is 0 Å². The summed E-state index contributed by atoms with van der Waals surface area (Å²) in [5.41, 5.74) is 2.15. The van der Waals surface area contributed by atoms with Crippen molar-refractivity contribution >= 4 is 35.5 Å². The first-order valence-electron chi connectivity index (χ1n) is 11.9. The van der Waals surface area contributed by atoms with Crippen molar-refractivity contribution in [2.45, 2.75) is 33.2 Å². The van der Waals surface area contributed by atoms with E-state index in [1.807, 2.05) is 6.92 Å². The lowest BCUT2D eigenvalue weighted by molar-refractivity contribution is -0.137. The van der Waals surface area contributed by atoms with Gasteiger partial charge in [-0.25, -0.2) is 4.79 Å². The fourth-order valence-corrected chi connectivity index (χ4v) is 3.53. The molecule has 3 aromatic rings. The molecule has 1 unspecified atom stereocenters. The molecule has 8 nitrogen and oxygen atoms in total. The predicted octanol–water partition coefficient (Wildman–Crippen LogP) is 4.73. The number of Topliss-reactive ketones (excluding diaryl/α,β-unsaturated/α-hetero) is 1. The number of carbonyl (C=O) groups excluding carboxylic acids is 3. The highest BCUT2D eigenvalue weighted by Gasteiger charge is 2.22. The molecule has 0 saturated carbocycles. The van der Waals surface area contributed by atoms with Gasteiger partial charge in [-0.1, -0.05) is 55.3 Å². The smallest absolute Gasteiger partial charge is 0.343 e. The number of halogens is 1. The number of phenols is 1. The van der Waals surface area contributed by atoms with Crippen molar-refractivity contribution in [3.05, 3.63) is 87.9 Å². The third-order valence-corrected chi connectivity index (χ3v) is 5.72. The third-order valence-electron chi connectivity index (χ3n) is 5.50. The summed E-state index contributed by atoms with van der Waals surface area (Å²) in [7, 11) is 0. The summed E-state index contributed by atoms with van der Waals surface area (Å²) in [5, 5.41) is 19.1. The van der Waals surface area contributed by atoms with Gasteiger partial charge in [0.25, 0.3) is 0 Å². The van der Waals surface area contributed by atoms with Crippen molar-refractivity contribution < 1.29 is 34.1 Å². The SMILES string of the molecule is Cc1ccc(C(=O)Oc2cc(Cl)cc(/C=N\C(Cc3ccc(O)cc3)C(=O)CO)c2OC(=O)C(C)C)cc1. The second-order valence-electron chi connectivity index (χ2n) is 8.94. The zero-order valence-electron chi connectivity index (χ0n) is 21.2. The van der Waals surface area contributed by atoms with Crippen LogP contribution < -0.4 is 9.47 Å². The molecule has 0 aliphatic rings. The summed E-state index contributed by atoms with van der Waals surface area (Å²) < 4.78 is 11.1. The van der Waals surface area contributed by atoms with Crippen LogP contribution in [0.3, 0.4) is 0 Å². The maximum atomic E-state index is 12.8. The molecule has 1 atom stereocenters. The van der Waals surface area contributed by atoms with Crippen molar-refractivity contribution in [3.8, 4) is 17.2 Å². The molecule has 0 fully saturated rings. The van der Waals surface area contributed by atoms with Crippen LogP contribution in [0, 0.1) is 12.8 Å². The van der Waals surface area contributed by atoms with Crippen LogP contribution in [-0.2, 0) is 16.0 Å². The average Bonchev–Trinajstić information content (AvgIpc) is 2.88. The van der Waals surface area contributed by atoms with Crippen LogP contribution in [-0.4, -0.2) is 46.8 Å². The number of aromatic hydroxyl groups is 1. The summed E-state index contributed by atoms with van der Waals surface area (Å²) in [6.07, 6.45) is 1.43. The van der Waals surface area contributed by atoms with Crippen LogP contribution in [0.4, 0.5) is 0 Å². The van der Waals surface area contributed by atoms with E-state index in [0.717, 1.165) is 5.56 Å². The summed E-state index contributed by atoms with van der Waals surface area (Å²) in [4.78, 5) is 42.1. The lowest BCUT2D eigenvalue weighted by Crippen LogP contribution is -2.24. The second kappa shape index (κ2) is 13.0. The number of nitrogens with zero attached hydrogens (tertiary/aromatic N) is 1. The maximum absolute atomic E-state index is 12.8. The molecule has 9 heteroatoms. The molecule has 0 bridgehead atoms. The van der Waals surface area contributed by atoms with E-state index in [1.54, 1.807) is 50.2 Å². The normalized spacial score (nSPS) is 11.9. The number of carbonyl (C=O) groups is 3. The molecule has 0 saturated heterocycles. The molecule has 0 aliphatic heterocycles. The number of phenolic OH excluding ortho intramolecular Hbond substituents is 1. The molecule has 38 heavy (non-hydrogen) atoms. The van der Waals surface area contributed by atoms with E-state index in [0.29, 0.717) is 5.56 Å². The van der Waals surface area contributed by atoms with Crippen molar-refractivity contribution in [1.29, 1.82) is 0 Å². The Morgan fingerprint density at radius 3 is 2.26 bits per heavy atom. The Morgan fingerprint density at radius 1 is 1.00 bits per heavy atom. The fourth-order valence-electron chi connectivity index (χ4n) is 3.32. The van der Waals surface area contributed by atoms with E-state index in [1.165, 1.54) is 30.5 Å². The lowest BCUT2D eigenvalue weighted by atomic mass is 10.0. The minimum absolute atomic E-state index is 0.0746. The van der Waals surface area contributed by atoms with Crippen LogP contribution in [0.1, 0.15) is 40.9 Å². The predicted molar refractivity (Wildman–Crippen MR) is 143 cm³/mol. The summed E-state index contributed by atoms with van der Waals surface area (Å²) in [5.74, 6) is -2.40. The van der Waals surface area contributed by atoms with Gasteiger partial charge in [0, 0.05) is 29.3 Å². The monoisotopic (exact) mass is 537 g/mol. The number of ketones is 1. The van der Waals surface area contributed by atoms with Crippen molar-refractivity contribution in [2.75, 3.05) is 6.61 Å². The van der Waals surface area contributed by atoms with Gasteiger partial charge >= 0.3 is 11.9 Å². The van der Waals surface area contributed by atoms with E-state index >= 15 is 0 Å². The zero-order chi connectivity index (χ0) is 27.8. The van der Waals surface area contributed by atoms with Gasteiger partial charge in [-0.3, -0.25) is 14.6 Å². The molecule has 198 valence electrons. The van der Waals surface area contributed by atoms with Gasteiger partial charge in [0.2, 0.25) is 0 Å². The molecule has 0 aliphatic carbocycles. The Kier molecular flexibility index (Phi) is 9.76. The number of ether oxygens (including phenoxy) is 2. The second-order valence-corrected chi connectivity index (χ2v) is 9.38. The fraction of sp³-hybridized carbons (Fsp3) is 0.241. The highest BCUT2D eigenvalue weighted by Crippen LogP contribution is 2.35. The number of aliphatic imine (C=N–C) groups is 1. The minimum Gasteiger partial charge on any atom is -0.508 e. The number of benzene rings is 3. The Hall–Kier alpha value is -4.01. The van der Waals surface area contributed by atoms with Crippen LogP contribution in [0.2, 0.25) is 5.02 Å². The molecular formula is C29H28ClNO7. The van der Waals surface area contributed by atoms with Gasteiger partial charge in [0.1, 0.15) is 18.4 Å². The first kappa shape index (κ1) is 28.6. The van der Waals surface area contributed by atoms with Gasteiger partial charge in [0.15, 0.2) is 17.3 Å². The Bertz CT molecular complexity index is 1330. The minimum atomic E-state index is -0.976. The zero-order valence-corrected chi connectivity index (χ0v) is 21.9. The number of aryl methyl sites for hydroxylation is 1. The van der Waals surface area contributed by atoms with Gasteiger partial charge in [-0.05, 0) is 42.8 Å². The molecule has 0 amide bonds. The van der Waals surface area contributed by atoms with E-state index in [-0.39, 0.29) is 39.8 Å². The molecule has 0 radical (unpaired) electrons. The van der Waals surface area contributed by atoms with Gasteiger partial charge in [-0.2, -0.15) is 0 Å². The van der Waals surface area contributed by atoms with Crippen LogP contribution >= 0.6 is 11.6 Å². The highest BCUT2D eigenvalue weighted by atomic mass is 35.5. The number of hydrogen-bond donors (Lipinski definition) is 2. The Labute approximate surface area is 225 Å². The van der Waals surface area contributed by atoms with Crippen molar-refractivity contribution in [1.82, 2.24) is 0 Å². The van der Waals surface area contributed by atoms with Crippen molar-refractivity contribution in [3.63, 3.8) is 0 Å². The molecular weight excluding hydrogens is 510 g/mol. The number of hydrogen-bond acceptors (Lipinski definition) is 8. The molecule has 0 heterocycles. The first-order valence-corrected chi connectivity index (χ1v) is 12.2. The van der Waals surface area contributed by atoms with Crippen LogP contribution in [0.5, 0.6) is 17.2 Å². The highest BCUT2D eigenvalue weighted by molar-refractivity contribution is 6.31. The van der Waals surface area contributed by atoms with Crippen molar-refractivity contribution in [2.24, 2.45) is 10.9 Å². The third kappa shape index (κ3) is 7.74.